The molecule has 5 rings (SSSR count). The Bertz CT molecular complexity index is 1560. The van der Waals surface area contributed by atoms with E-state index in [9.17, 15) is 14.7 Å². The van der Waals surface area contributed by atoms with Crippen LogP contribution in [0, 0.1) is 6.92 Å². The van der Waals surface area contributed by atoms with Crippen molar-refractivity contribution in [3.05, 3.63) is 94.3 Å². The van der Waals surface area contributed by atoms with E-state index in [0.717, 1.165) is 17.0 Å². The average molecular weight is 567 g/mol. The van der Waals surface area contributed by atoms with Crippen LogP contribution in [-0.2, 0) is 11.2 Å². The molecule has 40 heavy (non-hydrogen) atoms. The number of nitrogens with zero attached hydrogens (tertiary/aromatic N) is 2. The zero-order chi connectivity index (χ0) is 27.5. The second-order valence-corrected chi connectivity index (χ2v) is 9.46. The van der Waals surface area contributed by atoms with Gasteiger partial charge in [-0.3, -0.25) is 9.78 Å². The van der Waals surface area contributed by atoms with E-state index in [1.54, 1.807) is 43.5 Å². The predicted octanol–water partition coefficient (Wildman–Crippen LogP) is 1.95. The van der Waals surface area contributed by atoms with Crippen LogP contribution in [-0.4, -0.2) is 35.4 Å². The third-order valence-corrected chi connectivity index (χ3v) is 6.78. The molecule has 0 bridgehead atoms. The van der Waals surface area contributed by atoms with Gasteiger partial charge in [0.05, 0.1) is 36.5 Å². The van der Waals surface area contributed by atoms with Gasteiger partial charge in [-0.2, -0.15) is 0 Å². The van der Waals surface area contributed by atoms with Crippen LogP contribution in [0.2, 0.25) is 5.02 Å². The number of carbonyl (C=O) groups excluding carboxylic acids is 2. The van der Waals surface area contributed by atoms with E-state index in [1.165, 1.54) is 6.07 Å². The Morgan fingerprint density at radius 1 is 1.07 bits per heavy atom. The summed E-state index contributed by atoms with van der Waals surface area (Å²) in [6, 6.07) is 19.0. The number of hydrogen-bond acceptors (Lipinski definition) is 8. The first kappa shape index (κ1) is 29.6. The van der Waals surface area contributed by atoms with Crippen molar-refractivity contribution in [1.29, 1.82) is 0 Å². The molecule has 1 unspecified atom stereocenters. The number of methoxy groups -OCH3 is 1. The number of Topliss-reactive ketones (excluding diaryl/α,β-unsaturated/α-hetero) is 1. The van der Waals surface area contributed by atoms with Gasteiger partial charge in [-0.25, -0.2) is 4.98 Å². The van der Waals surface area contributed by atoms with Crippen LogP contribution >= 0.6 is 11.6 Å². The zero-order valence-corrected chi connectivity index (χ0v) is 25.0. The molecular weight excluding hydrogens is 543 g/mol. The largest absolute Gasteiger partial charge is 1.00 e. The van der Waals surface area contributed by atoms with Crippen molar-refractivity contribution in [3.8, 4) is 34.4 Å². The van der Waals surface area contributed by atoms with Crippen LogP contribution in [0.3, 0.4) is 0 Å². The fourth-order valence-electron chi connectivity index (χ4n) is 4.47. The molecule has 198 valence electrons. The number of fused-ring (bicyclic) bond motifs is 1. The first-order valence-electron chi connectivity index (χ1n) is 12.3. The Morgan fingerprint density at radius 3 is 2.55 bits per heavy atom. The van der Waals surface area contributed by atoms with Crippen LogP contribution in [0.5, 0.6) is 23.1 Å². The summed E-state index contributed by atoms with van der Waals surface area (Å²) in [7, 11) is 1.57. The van der Waals surface area contributed by atoms with E-state index in [4.69, 9.17) is 25.8 Å². The van der Waals surface area contributed by atoms with Gasteiger partial charge in [-0.05, 0) is 61.9 Å². The smallest absolute Gasteiger partial charge is 0.549 e. The summed E-state index contributed by atoms with van der Waals surface area (Å²) in [5, 5.41) is 11.7. The van der Waals surface area contributed by atoms with Gasteiger partial charge in [0.1, 0.15) is 17.2 Å². The minimum absolute atomic E-state index is 0. The van der Waals surface area contributed by atoms with E-state index in [-0.39, 0.29) is 53.4 Å². The van der Waals surface area contributed by atoms with E-state index >= 15 is 0 Å². The SMILES string of the molecule is COc1ccc(-c2cccc(CC(=O)c3ccc(Oc4cc5c(cc4Cl)C(C(=O)[O-])CCO5)cc3)n2)c(C)n1.[Na+]. The second kappa shape index (κ2) is 12.8. The Labute approximate surface area is 258 Å². The maximum Gasteiger partial charge on any atom is 1.00 e. The number of carbonyl (C=O) groups is 2. The summed E-state index contributed by atoms with van der Waals surface area (Å²) in [4.78, 5) is 33.5. The van der Waals surface area contributed by atoms with Gasteiger partial charge in [0, 0.05) is 46.4 Å². The molecule has 8 nitrogen and oxygen atoms in total. The summed E-state index contributed by atoms with van der Waals surface area (Å²) < 4.78 is 16.7. The number of aliphatic carboxylic acids is 1. The number of pyridine rings is 2. The number of halogens is 1. The van der Waals surface area contributed by atoms with Crippen LogP contribution in [0.25, 0.3) is 11.3 Å². The van der Waals surface area contributed by atoms with Gasteiger partial charge in [0.15, 0.2) is 5.78 Å². The van der Waals surface area contributed by atoms with Gasteiger partial charge < -0.3 is 24.1 Å². The van der Waals surface area contributed by atoms with Crippen LogP contribution in [0.15, 0.2) is 66.7 Å². The number of carboxylic acids is 1. The molecule has 0 saturated heterocycles. The topological polar surface area (TPSA) is 111 Å². The number of hydrogen-bond donors (Lipinski definition) is 0. The third kappa shape index (κ3) is 6.47. The third-order valence-electron chi connectivity index (χ3n) is 6.49. The molecule has 3 heterocycles. The fourth-order valence-corrected chi connectivity index (χ4v) is 4.68. The number of rotatable bonds is 8. The number of aryl methyl sites for hydroxylation is 1. The van der Waals surface area contributed by atoms with Crippen molar-refractivity contribution in [2.24, 2.45) is 0 Å². The maximum atomic E-state index is 13.0. The van der Waals surface area contributed by atoms with Gasteiger partial charge >= 0.3 is 29.6 Å². The van der Waals surface area contributed by atoms with Gasteiger partial charge in [-0.1, -0.05) is 17.7 Å². The molecule has 2 aromatic heterocycles. The molecule has 2 aromatic carbocycles. The first-order valence-corrected chi connectivity index (χ1v) is 12.7. The Morgan fingerprint density at radius 2 is 1.85 bits per heavy atom. The number of aromatic nitrogens is 2. The van der Waals surface area contributed by atoms with Crippen molar-refractivity contribution in [3.63, 3.8) is 0 Å². The molecule has 1 aliphatic rings. The molecule has 10 heteroatoms. The molecular formula is C30H24ClN2NaO6. The summed E-state index contributed by atoms with van der Waals surface area (Å²) in [6.07, 6.45) is 0.448. The number of carboxylic acid groups (broad SMARTS) is 1. The van der Waals surface area contributed by atoms with Crippen molar-refractivity contribution in [2.45, 2.75) is 25.7 Å². The Hall–Kier alpha value is -3.43. The summed E-state index contributed by atoms with van der Waals surface area (Å²) >= 11 is 6.37. The molecule has 0 aliphatic carbocycles. The van der Waals surface area contributed by atoms with Crippen LogP contribution in [0.1, 0.15) is 39.6 Å². The van der Waals surface area contributed by atoms with Crippen molar-refractivity contribution >= 4 is 23.4 Å². The molecule has 0 fully saturated rings. The quantitative estimate of drug-likeness (QED) is 0.235. The molecule has 0 radical (unpaired) electrons. The monoisotopic (exact) mass is 566 g/mol. The molecule has 0 saturated carbocycles. The van der Waals surface area contributed by atoms with E-state index in [1.807, 2.05) is 31.2 Å². The molecule has 0 spiro atoms. The van der Waals surface area contributed by atoms with E-state index < -0.39 is 11.9 Å². The molecule has 1 atom stereocenters. The number of ether oxygens (including phenoxy) is 3. The fraction of sp³-hybridized carbons (Fsp3) is 0.200. The first-order chi connectivity index (χ1) is 18.8. The summed E-state index contributed by atoms with van der Waals surface area (Å²) in [6.45, 7) is 2.15. The van der Waals surface area contributed by atoms with Crippen molar-refractivity contribution in [1.82, 2.24) is 9.97 Å². The standard InChI is InChI=1S/C30H25ClN2O6.Na/c1-17-21(10-11-29(32-17)37-2)25-5-3-4-19(33-25)14-26(34)18-6-8-20(9-7-18)39-28-16-27-23(15-24(28)31)22(30(35)36)12-13-38-27;/h3-11,15-16,22H,12-14H2,1-2H3,(H,35,36);/q;+1/p-1. The normalized spacial score (nSPS) is 13.8. The van der Waals surface area contributed by atoms with Gasteiger partial charge in [-0.15, -0.1) is 0 Å². The minimum atomic E-state index is -1.17. The Balaban J connectivity index is 0.00000370. The molecule has 0 amide bonds. The van der Waals surface area contributed by atoms with Gasteiger partial charge in [0.25, 0.3) is 0 Å². The zero-order valence-electron chi connectivity index (χ0n) is 22.3. The number of ketones is 1. The van der Waals surface area contributed by atoms with E-state index in [2.05, 4.69) is 9.97 Å². The molecule has 1 aliphatic heterocycles. The molecule has 4 aromatic rings. The second-order valence-electron chi connectivity index (χ2n) is 9.06. The Kier molecular flexibility index (Phi) is 9.48. The summed E-state index contributed by atoms with van der Waals surface area (Å²) in [5.41, 5.74) is 4.00. The van der Waals surface area contributed by atoms with Crippen molar-refractivity contribution < 1.29 is 58.5 Å². The average Bonchev–Trinajstić information content (AvgIpc) is 2.93. The maximum absolute atomic E-state index is 13.0. The van der Waals surface area contributed by atoms with Gasteiger partial charge in [0.2, 0.25) is 5.88 Å². The summed E-state index contributed by atoms with van der Waals surface area (Å²) in [5.74, 6) is -0.332. The van der Waals surface area contributed by atoms with Crippen molar-refractivity contribution in [2.75, 3.05) is 13.7 Å². The molecule has 0 N–H and O–H groups in total. The minimum Gasteiger partial charge on any atom is -0.549 e. The predicted molar refractivity (Wildman–Crippen MR) is 143 cm³/mol. The van der Waals surface area contributed by atoms with E-state index in [0.29, 0.717) is 46.4 Å². The van der Waals surface area contributed by atoms with Crippen LogP contribution < -0.4 is 48.9 Å². The van der Waals surface area contributed by atoms with Crippen LogP contribution in [0.4, 0.5) is 0 Å². The number of benzene rings is 2.